The van der Waals surface area contributed by atoms with Gasteiger partial charge in [0.05, 0.1) is 6.61 Å². The molecule has 112 valence electrons. The highest BCUT2D eigenvalue weighted by atomic mass is 16.5. The van der Waals surface area contributed by atoms with E-state index in [1.165, 1.54) is 0 Å². The van der Waals surface area contributed by atoms with E-state index >= 15 is 0 Å². The number of aryl methyl sites for hydroxylation is 1. The summed E-state index contributed by atoms with van der Waals surface area (Å²) in [5.41, 5.74) is 7.21. The average Bonchev–Trinajstić information content (AvgIpc) is 2.41. The van der Waals surface area contributed by atoms with Gasteiger partial charge >= 0.3 is 0 Å². The standard InChI is InChI=1S/C15H25N3O2/c1-5-13-8-12(9-14(16)17-13)15(19)18(6-7-20-4)10-11(2)3/h8-9,11H,5-7,10H2,1-4H3,(H2,16,17). The van der Waals surface area contributed by atoms with Crippen LogP contribution in [0.2, 0.25) is 0 Å². The first-order chi connectivity index (χ1) is 9.47. The molecule has 0 radical (unpaired) electrons. The molecule has 0 aromatic carbocycles. The van der Waals surface area contributed by atoms with E-state index in [0.717, 1.165) is 12.1 Å². The maximum Gasteiger partial charge on any atom is 0.254 e. The molecular weight excluding hydrogens is 254 g/mol. The fourth-order valence-corrected chi connectivity index (χ4v) is 2.02. The first-order valence-electron chi connectivity index (χ1n) is 7.02. The zero-order valence-electron chi connectivity index (χ0n) is 12.8. The van der Waals surface area contributed by atoms with Crippen molar-refractivity contribution in [2.45, 2.75) is 27.2 Å². The molecule has 0 saturated heterocycles. The molecule has 0 spiro atoms. The largest absolute Gasteiger partial charge is 0.384 e. The minimum atomic E-state index is -0.0143. The predicted molar refractivity (Wildman–Crippen MR) is 80.6 cm³/mol. The summed E-state index contributed by atoms with van der Waals surface area (Å²) in [5, 5.41) is 0. The lowest BCUT2D eigenvalue weighted by molar-refractivity contribution is 0.0672. The van der Waals surface area contributed by atoms with Crippen LogP contribution < -0.4 is 5.73 Å². The zero-order chi connectivity index (χ0) is 15.1. The Balaban J connectivity index is 2.95. The first kappa shape index (κ1) is 16.4. The Bertz CT molecular complexity index is 447. The van der Waals surface area contributed by atoms with Crippen LogP contribution in [0, 0.1) is 5.92 Å². The number of nitrogens with two attached hydrogens (primary N) is 1. The van der Waals surface area contributed by atoms with Gasteiger partial charge in [-0.05, 0) is 24.5 Å². The van der Waals surface area contributed by atoms with Crippen molar-refractivity contribution >= 4 is 11.7 Å². The van der Waals surface area contributed by atoms with Crippen LogP contribution in [0.5, 0.6) is 0 Å². The number of ether oxygens (including phenoxy) is 1. The van der Waals surface area contributed by atoms with E-state index in [9.17, 15) is 4.79 Å². The van der Waals surface area contributed by atoms with E-state index in [-0.39, 0.29) is 5.91 Å². The maximum absolute atomic E-state index is 12.6. The highest BCUT2D eigenvalue weighted by Crippen LogP contribution is 2.12. The molecule has 20 heavy (non-hydrogen) atoms. The van der Waals surface area contributed by atoms with Gasteiger partial charge in [0.2, 0.25) is 0 Å². The fraction of sp³-hybridized carbons (Fsp3) is 0.600. The Labute approximate surface area is 121 Å². The van der Waals surface area contributed by atoms with Crippen LogP contribution in [0.1, 0.15) is 36.8 Å². The molecular formula is C15H25N3O2. The van der Waals surface area contributed by atoms with E-state index in [0.29, 0.717) is 37.0 Å². The van der Waals surface area contributed by atoms with Gasteiger partial charge in [0.25, 0.3) is 5.91 Å². The number of nitrogens with zero attached hydrogens (tertiary/aromatic N) is 2. The molecule has 5 nitrogen and oxygen atoms in total. The fourth-order valence-electron chi connectivity index (χ4n) is 2.02. The van der Waals surface area contributed by atoms with E-state index in [4.69, 9.17) is 10.5 Å². The lowest BCUT2D eigenvalue weighted by Gasteiger charge is -2.24. The summed E-state index contributed by atoms with van der Waals surface area (Å²) in [6.07, 6.45) is 0.758. The number of aromatic nitrogens is 1. The third-order valence-corrected chi connectivity index (χ3v) is 2.95. The number of amides is 1. The summed E-state index contributed by atoms with van der Waals surface area (Å²) < 4.78 is 5.08. The zero-order valence-corrected chi connectivity index (χ0v) is 12.8. The maximum atomic E-state index is 12.6. The van der Waals surface area contributed by atoms with Crippen LogP contribution in [0.25, 0.3) is 0 Å². The second kappa shape index (κ2) is 7.85. The number of rotatable bonds is 7. The lowest BCUT2D eigenvalue weighted by atomic mass is 10.1. The monoisotopic (exact) mass is 279 g/mol. The number of anilines is 1. The number of nitrogen functional groups attached to an aromatic ring is 1. The normalized spacial score (nSPS) is 10.8. The van der Waals surface area contributed by atoms with Gasteiger partial charge in [0.15, 0.2) is 0 Å². The first-order valence-corrected chi connectivity index (χ1v) is 7.02. The van der Waals surface area contributed by atoms with Crippen molar-refractivity contribution in [1.82, 2.24) is 9.88 Å². The van der Waals surface area contributed by atoms with Gasteiger partial charge < -0.3 is 15.4 Å². The number of hydrogen-bond donors (Lipinski definition) is 1. The molecule has 0 unspecified atom stereocenters. The second-order valence-corrected chi connectivity index (χ2v) is 5.26. The van der Waals surface area contributed by atoms with Gasteiger partial charge in [-0.2, -0.15) is 0 Å². The predicted octanol–water partition coefficient (Wildman–Crippen LogP) is 1.97. The summed E-state index contributed by atoms with van der Waals surface area (Å²) in [5.74, 6) is 0.782. The van der Waals surface area contributed by atoms with E-state index < -0.39 is 0 Å². The third kappa shape index (κ3) is 4.81. The molecule has 1 heterocycles. The van der Waals surface area contributed by atoms with Gasteiger partial charge in [-0.3, -0.25) is 4.79 Å². The molecule has 0 atom stereocenters. The SMILES string of the molecule is CCc1cc(C(=O)N(CCOC)CC(C)C)cc(N)n1. The number of hydrogen-bond acceptors (Lipinski definition) is 4. The summed E-state index contributed by atoms with van der Waals surface area (Å²) in [7, 11) is 1.64. The Kier molecular flexibility index (Phi) is 6.45. The van der Waals surface area contributed by atoms with E-state index in [2.05, 4.69) is 18.8 Å². The van der Waals surface area contributed by atoms with Gasteiger partial charge in [-0.1, -0.05) is 20.8 Å². The highest BCUT2D eigenvalue weighted by Gasteiger charge is 2.17. The summed E-state index contributed by atoms with van der Waals surface area (Å²) >= 11 is 0. The Morgan fingerprint density at radius 2 is 2.15 bits per heavy atom. The van der Waals surface area contributed by atoms with Crippen molar-refractivity contribution in [1.29, 1.82) is 0 Å². The molecule has 1 rings (SSSR count). The number of methoxy groups -OCH3 is 1. The van der Waals surface area contributed by atoms with Crippen LogP contribution in [-0.4, -0.2) is 42.6 Å². The van der Waals surface area contributed by atoms with Crippen LogP contribution in [0.15, 0.2) is 12.1 Å². The summed E-state index contributed by atoms with van der Waals surface area (Å²) in [6, 6.07) is 3.46. The molecule has 0 aliphatic rings. The van der Waals surface area contributed by atoms with Crippen molar-refractivity contribution < 1.29 is 9.53 Å². The molecule has 0 fully saturated rings. The Morgan fingerprint density at radius 3 is 2.70 bits per heavy atom. The van der Waals surface area contributed by atoms with Crippen LogP contribution in [0.3, 0.4) is 0 Å². The highest BCUT2D eigenvalue weighted by molar-refractivity contribution is 5.95. The molecule has 0 aliphatic heterocycles. The minimum Gasteiger partial charge on any atom is -0.384 e. The van der Waals surface area contributed by atoms with Crippen LogP contribution in [-0.2, 0) is 11.2 Å². The molecule has 0 aliphatic carbocycles. The molecule has 1 aromatic rings. The lowest BCUT2D eigenvalue weighted by Crippen LogP contribution is -2.36. The number of carbonyl (C=O) groups excluding carboxylic acids is 1. The average molecular weight is 279 g/mol. The van der Waals surface area contributed by atoms with Crippen molar-refractivity contribution in [3.05, 3.63) is 23.4 Å². The van der Waals surface area contributed by atoms with Crippen LogP contribution >= 0.6 is 0 Å². The molecule has 0 bridgehead atoms. The smallest absolute Gasteiger partial charge is 0.254 e. The molecule has 5 heteroatoms. The van der Waals surface area contributed by atoms with Crippen molar-refractivity contribution in [3.8, 4) is 0 Å². The van der Waals surface area contributed by atoms with Gasteiger partial charge in [0, 0.05) is 31.5 Å². The quantitative estimate of drug-likeness (QED) is 0.828. The molecule has 0 saturated carbocycles. The van der Waals surface area contributed by atoms with Crippen LogP contribution in [0.4, 0.5) is 5.82 Å². The van der Waals surface area contributed by atoms with E-state index in [1.54, 1.807) is 13.2 Å². The third-order valence-electron chi connectivity index (χ3n) is 2.95. The topological polar surface area (TPSA) is 68.5 Å². The van der Waals surface area contributed by atoms with Crippen molar-refractivity contribution in [2.75, 3.05) is 32.5 Å². The van der Waals surface area contributed by atoms with Gasteiger partial charge in [0.1, 0.15) is 5.82 Å². The second-order valence-electron chi connectivity index (χ2n) is 5.26. The Morgan fingerprint density at radius 1 is 1.45 bits per heavy atom. The van der Waals surface area contributed by atoms with Crippen molar-refractivity contribution in [3.63, 3.8) is 0 Å². The molecule has 1 amide bonds. The summed E-state index contributed by atoms with van der Waals surface area (Å²) in [6.45, 7) is 7.98. The number of carbonyl (C=O) groups is 1. The van der Waals surface area contributed by atoms with Crippen molar-refractivity contribution in [2.24, 2.45) is 5.92 Å². The Hall–Kier alpha value is -1.62. The summed E-state index contributed by atoms with van der Waals surface area (Å²) in [4.78, 5) is 18.6. The minimum absolute atomic E-state index is 0.0143. The van der Waals surface area contributed by atoms with Gasteiger partial charge in [-0.25, -0.2) is 4.98 Å². The molecule has 2 N–H and O–H groups in total. The molecule has 1 aromatic heterocycles. The van der Waals surface area contributed by atoms with Gasteiger partial charge in [-0.15, -0.1) is 0 Å². The number of pyridine rings is 1. The van der Waals surface area contributed by atoms with E-state index in [1.807, 2.05) is 17.9 Å².